The second kappa shape index (κ2) is 9.23. The van der Waals surface area contributed by atoms with E-state index in [1.54, 1.807) is 6.20 Å². The van der Waals surface area contributed by atoms with Gasteiger partial charge in [-0.1, -0.05) is 97.1 Å². The number of dihydropyridines is 1. The molecule has 0 saturated carbocycles. The van der Waals surface area contributed by atoms with E-state index in [4.69, 9.17) is 19.9 Å². The number of hydrogen-bond acceptors (Lipinski definition) is 5. The normalized spacial score (nSPS) is 15.0. The first-order chi connectivity index (χ1) is 21.3. The van der Waals surface area contributed by atoms with Gasteiger partial charge in [-0.3, -0.25) is 9.98 Å². The molecule has 5 nitrogen and oxygen atoms in total. The average molecular weight is 552 g/mol. The van der Waals surface area contributed by atoms with Gasteiger partial charge in [-0.15, -0.1) is 0 Å². The highest BCUT2D eigenvalue weighted by molar-refractivity contribution is 6.07. The average Bonchev–Trinajstić information content (AvgIpc) is 3.56. The fraction of sp³-hybridized carbons (Fsp3) is 0.0789. The quantitative estimate of drug-likeness (QED) is 0.226. The fourth-order valence-electron chi connectivity index (χ4n) is 7.12. The summed E-state index contributed by atoms with van der Waals surface area (Å²) >= 11 is 0. The van der Waals surface area contributed by atoms with E-state index in [2.05, 4.69) is 102 Å². The van der Waals surface area contributed by atoms with E-state index in [1.165, 1.54) is 44.5 Å². The largest absolute Gasteiger partial charge is 0.281 e. The Labute approximate surface area is 249 Å². The molecule has 1 spiro atoms. The van der Waals surface area contributed by atoms with Crippen molar-refractivity contribution >= 4 is 5.71 Å². The van der Waals surface area contributed by atoms with Crippen molar-refractivity contribution in [2.45, 2.75) is 11.8 Å². The third-order valence-electron chi connectivity index (χ3n) is 8.87. The molecular formula is C38H25N5. The number of aromatic nitrogens is 4. The number of pyridine rings is 1. The van der Waals surface area contributed by atoms with Crippen molar-refractivity contribution in [3.8, 4) is 45.2 Å². The molecule has 3 aliphatic rings. The lowest BCUT2D eigenvalue weighted by Crippen LogP contribution is -2.25. The maximum absolute atomic E-state index is 5.00. The monoisotopic (exact) mass is 551 g/mol. The van der Waals surface area contributed by atoms with E-state index >= 15 is 0 Å². The minimum Gasteiger partial charge on any atom is -0.281 e. The first-order valence-corrected chi connectivity index (χ1v) is 14.7. The SMILES string of the molecule is C1=CC(c2nc(-c3ccc4c(c3)C3(c5ccccc5-c5ccccc53)c3ccccc3-4)nc(-c3ccccn3)n2)=NCC1. The van der Waals surface area contributed by atoms with Gasteiger partial charge in [0.25, 0.3) is 0 Å². The van der Waals surface area contributed by atoms with E-state index in [0.717, 1.165) is 24.2 Å². The van der Waals surface area contributed by atoms with Crippen LogP contribution in [0.15, 0.2) is 133 Å². The Morgan fingerprint density at radius 3 is 1.77 bits per heavy atom. The highest BCUT2D eigenvalue weighted by Gasteiger charge is 2.51. The minimum atomic E-state index is -0.426. The van der Waals surface area contributed by atoms with Crippen LogP contribution in [0.25, 0.3) is 45.2 Å². The molecule has 3 heterocycles. The van der Waals surface area contributed by atoms with Crippen molar-refractivity contribution in [2.75, 3.05) is 6.54 Å². The van der Waals surface area contributed by atoms with Crippen LogP contribution in [0.5, 0.6) is 0 Å². The minimum absolute atomic E-state index is 0.426. The number of nitrogens with zero attached hydrogens (tertiary/aromatic N) is 5. The van der Waals surface area contributed by atoms with E-state index in [0.29, 0.717) is 23.2 Å². The lowest BCUT2D eigenvalue weighted by molar-refractivity contribution is 0.794. The van der Waals surface area contributed by atoms with Crippen LogP contribution in [-0.4, -0.2) is 32.2 Å². The molecule has 5 heteroatoms. The molecule has 9 rings (SSSR count). The molecule has 2 aromatic heterocycles. The van der Waals surface area contributed by atoms with Crippen LogP contribution in [-0.2, 0) is 5.41 Å². The molecule has 0 unspecified atom stereocenters. The van der Waals surface area contributed by atoms with Gasteiger partial charge in [0, 0.05) is 18.3 Å². The van der Waals surface area contributed by atoms with Gasteiger partial charge in [-0.25, -0.2) is 15.0 Å². The molecule has 0 saturated heterocycles. The fourth-order valence-corrected chi connectivity index (χ4v) is 7.12. The van der Waals surface area contributed by atoms with Gasteiger partial charge in [-0.2, -0.15) is 0 Å². The molecule has 2 aliphatic carbocycles. The predicted molar refractivity (Wildman–Crippen MR) is 170 cm³/mol. The van der Waals surface area contributed by atoms with E-state index < -0.39 is 5.41 Å². The van der Waals surface area contributed by atoms with Gasteiger partial charge >= 0.3 is 0 Å². The summed E-state index contributed by atoms with van der Waals surface area (Å²) in [4.78, 5) is 24.1. The Bertz CT molecular complexity index is 2080. The Morgan fingerprint density at radius 2 is 1.14 bits per heavy atom. The lowest BCUT2D eigenvalue weighted by atomic mass is 9.70. The first kappa shape index (κ1) is 24.1. The maximum atomic E-state index is 5.00. The van der Waals surface area contributed by atoms with Crippen LogP contribution in [0, 0.1) is 0 Å². The summed E-state index contributed by atoms with van der Waals surface area (Å²) in [5.74, 6) is 1.72. The van der Waals surface area contributed by atoms with Crippen molar-refractivity contribution in [1.82, 2.24) is 19.9 Å². The highest BCUT2D eigenvalue weighted by Crippen LogP contribution is 2.62. The van der Waals surface area contributed by atoms with Crippen LogP contribution in [0.2, 0.25) is 0 Å². The summed E-state index contributed by atoms with van der Waals surface area (Å²) < 4.78 is 0. The molecule has 0 N–H and O–H groups in total. The molecule has 43 heavy (non-hydrogen) atoms. The molecular weight excluding hydrogens is 526 g/mol. The molecule has 0 bridgehead atoms. The van der Waals surface area contributed by atoms with Gasteiger partial charge in [0.05, 0.1) is 5.41 Å². The summed E-state index contributed by atoms with van der Waals surface area (Å²) in [7, 11) is 0. The second-order valence-corrected chi connectivity index (χ2v) is 11.1. The summed E-state index contributed by atoms with van der Waals surface area (Å²) in [5, 5.41) is 0. The molecule has 0 atom stereocenters. The standard InChI is InChI=1S/C38H25N5/c1-4-14-29-25(11-1)26-12-2-5-15-30(26)38(29)31-16-6-3-13-27(31)28-20-19-24(23-32(28)38)35-41-36(33-17-7-9-21-39-33)43-37(42-35)34-18-8-10-22-40-34/h1-9,11-21,23H,10,22H2. The van der Waals surface area contributed by atoms with Crippen LogP contribution < -0.4 is 0 Å². The van der Waals surface area contributed by atoms with Gasteiger partial charge in [0.1, 0.15) is 11.4 Å². The number of aliphatic imine (C=N–C) groups is 1. The maximum Gasteiger partial charge on any atom is 0.182 e. The summed E-state index contributed by atoms with van der Waals surface area (Å²) in [6.45, 7) is 0.726. The molecule has 0 radical (unpaired) electrons. The lowest BCUT2D eigenvalue weighted by Gasteiger charge is -2.30. The van der Waals surface area contributed by atoms with Crippen molar-refractivity contribution in [1.29, 1.82) is 0 Å². The molecule has 202 valence electrons. The molecule has 4 aromatic carbocycles. The number of fused-ring (bicyclic) bond motifs is 10. The number of rotatable bonds is 3. The van der Waals surface area contributed by atoms with Crippen LogP contribution in [0.1, 0.15) is 34.5 Å². The summed E-state index contributed by atoms with van der Waals surface area (Å²) in [5.41, 5.74) is 12.3. The van der Waals surface area contributed by atoms with Crippen molar-refractivity contribution in [3.63, 3.8) is 0 Å². The van der Waals surface area contributed by atoms with Crippen molar-refractivity contribution in [2.24, 2.45) is 4.99 Å². The molecule has 6 aromatic rings. The van der Waals surface area contributed by atoms with E-state index in [9.17, 15) is 0 Å². The number of benzene rings is 4. The third-order valence-corrected chi connectivity index (χ3v) is 8.87. The smallest absolute Gasteiger partial charge is 0.182 e. The van der Waals surface area contributed by atoms with Gasteiger partial charge < -0.3 is 0 Å². The van der Waals surface area contributed by atoms with Crippen molar-refractivity contribution < 1.29 is 0 Å². The topological polar surface area (TPSA) is 63.9 Å². The Hall–Kier alpha value is -5.55. The van der Waals surface area contributed by atoms with E-state index in [-0.39, 0.29) is 0 Å². The van der Waals surface area contributed by atoms with Crippen LogP contribution >= 0.6 is 0 Å². The Balaban J connectivity index is 1.31. The zero-order valence-corrected chi connectivity index (χ0v) is 23.3. The zero-order valence-electron chi connectivity index (χ0n) is 23.3. The first-order valence-electron chi connectivity index (χ1n) is 14.7. The number of hydrogen-bond donors (Lipinski definition) is 0. The van der Waals surface area contributed by atoms with Gasteiger partial charge in [0.15, 0.2) is 17.5 Å². The molecule has 0 fully saturated rings. The summed E-state index contributed by atoms with van der Waals surface area (Å²) in [6, 6.07) is 39.0. The Kier molecular flexibility index (Phi) is 5.17. The zero-order chi connectivity index (χ0) is 28.4. The Morgan fingerprint density at radius 1 is 0.535 bits per heavy atom. The van der Waals surface area contributed by atoms with Crippen LogP contribution in [0.3, 0.4) is 0 Å². The third kappa shape index (κ3) is 3.42. The van der Waals surface area contributed by atoms with Gasteiger partial charge in [-0.05, 0) is 75.2 Å². The van der Waals surface area contributed by atoms with Crippen molar-refractivity contribution in [3.05, 3.63) is 156 Å². The predicted octanol–water partition coefficient (Wildman–Crippen LogP) is 7.69. The molecule has 1 aliphatic heterocycles. The highest BCUT2D eigenvalue weighted by atomic mass is 15.1. The summed E-state index contributed by atoms with van der Waals surface area (Å²) in [6.07, 6.45) is 6.82. The van der Waals surface area contributed by atoms with E-state index in [1.807, 2.05) is 24.3 Å². The van der Waals surface area contributed by atoms with Gasteiger partial charge in [0.2, 0.25) is 0 Å². The number of allylic oxidation sites excluding steroid dienone is 1. The molecule has 0 amide bonds. The second-order valence-electron chi connectivity index (χ2n) is 11.1. The van der Waals surface area contributed by atoms with Crippen LogP contribution in [0.4, 0.5) is 0 Å².